The summed E-state index contributed by atoms with van der Waals surface area (Å²) < 4.78 is 22.9. The molecule has 40 heavy (non-hydrogen) atoms. The van der Waals surface area contributed by atoms with Crippen molar-refractivity contribution in [3.8, 4) is 22.8 Å². The summed E-state index contributed by atoms with van der Waals surface area (Å²) in [6.45, 7) is 12.7. The first-order valence-electron chi connectivity index (χ1n) is 13.5. The maximum absolute atomic E-state index is 13.8. The van der Waals surface area contributed by atoms with Crippen LogP contribution in [0.1, 0.15) is 54.8 Å². The molecule has 0 aliphatic heterocycles. The molecular formula is C33H33FN4O2. The number of nitrogens with zero attached hydrogens (tertiary/aromatic N) is 4. The zero-order chi connectivity index (χ0) is 28.6. The van der Waals surface area contributed by atoms with Gasteiger partial charge in [0.25, 0.3) is 5.56 Å². The van der Waals surface area contributed by atoms with Crippen molar-refractivity contribution in [1.29, 1.82) is 0 Å². The minimum absolute atomic E-state index is 0.210. The highest BCUT2D eigenvalue weighted by atomic mass is 19.1. The highest BCUT2D eigenvalue weighted by molar-refractivity contribution is 5.84. The Labute approximate surface area is 233 Å². The van der Waals surface area contributed by atoms with Crippen LogP contribution in [0.5, 0.6) is 5.75 Å². The van der Waals surface area contributed by atoms with Gasteiger partial charge in [-0.15, -0.1) is 0 Å². The predicted octanol–water partition coefficient (Wildman–Crippen LogP) is 7.32. The molecule has 0 aliphatic rings. The zero-order valence-electron chi connectivity index (χ0n) is 23.7. The fraction of sp³-hybridized carbons (Fsp3) is 0.242. The van der Waals surface area contributed by atoms with E-state index in [1.165, 1.54) is 16.8 Å². The maximum Gasteiger partial charge on any atom is 0.282 e. The Balaban J connectivity index is 1.69. The Bertz CT molecular complexity index is 1800. The van der Waals surface area contributed by atoms with Gasteiger partial charge in [0.2, 0.25) is 0 Å². The Morgan fingerprint density at radius 1 is 1.02 bits per heavy atom. The van der Waals surface area contributed by atoms with E-state index < -0.39 is 0 Å². The van der Waals surface area contributed by atoms with Gasteiger partial charge in [0, 0.05) is 28.2 Å². The van der Waals surface area contributed by atoms with Crippen LogP contribution < -0.4 is 10.3 Å². The number of fused-ring (bicyclic) bond motifs is 1. The maximum atomic E-state index is 13.8. The van der Waals surface area contributed by atoms with Gasteiger partial charge in [0.05, 0.1) is 23.7 Å². The van der Waals surface area contributed by atoms with Gasteiger partial charge in [-0.2, -0.15) is 9.78 Å². The lowest BCUT2D eigenvalue weighted by atomic mass is 9.96. The average Bonchev–Trinajstić information content (AvgIpc) is 3.21. The topological polar surface area (TPSA) is 61.4 Å². The molecule has 7 heteroatoms. The molecule has 2 heterocycles. The van der Waals surface area contributed by atoms with E-state index in [4.69, 9.17) is 14.8 Å². The third-order valence-corrected chi connectivity index (χ3v) is 7.14. The molecule has 5 aromatic rings. The second kappa shape index (κ2) is 10.9. The predicted molar refractivity (Wildman–Crippen MR) is 160 cm³/mol. The number of para-hydroxylation sites is 1. The van der Waals surface area contributed by atoms with Crippen molar-refractivity contribution in [3.63, 3.8) is 0 Å². The van der Waals surface area contributed by atoms with Crippen LogP contribution in [0.15, 0.2) is 76.6 Å². The Morgan fingerprint density at radius 2 is 1.75 bits per heavy atom. The summed E-state index contributed by atoms with van der Waals surface area (Å²) in [6, 6.07) is 19.8. The van der Waals surface area contributed by atoms with Crippen LogP contribution in [0.25, 0.3) is 28.0 Å². The fourth-order valence-electron chi connectivity index (χ4n) is 5.10. The van der Waals surface area contributed by atoms with Gasteiger partial charge in [-0.3, -0.25) is 4.79 Å². The molecule has 0 bridgehead atoms. The molecular weight excluding hydrogens is 503 g/mol. The van der Waals surface area contributed by atoms with Crippen molar-refractivity contribution in [2.45, 2.75) is 47.5 Å². The first kappa shape index (κ1) is 27.1. The second-order valence-corrected chi connectivity index (χ2v) is 10.2. The normalized spacial score (nSPS) is 11.7. The number of halogens is 1. The van der Waals surface area contributed by atoms with E-state index in [0.717, 1.165) is 45.1 Å². The SMILES string of the molecule is CCOc1cc(C)c(-c2nc3ccccc3c(=O)n2N=Cc2cc(C)n(-c3ccc(F)cc3)c2C)cc1C(C)C. The van der Waals surface area contributed by atoms with Crippen molar-refractivity contribution >= 4 is 17.1 Å². The van der Waals surface area contributed by atoms with Gasteiger partial charge in [-0.25, -0.2) is 9.37 Å². The molecule has 0 aliphatic carbocycles. The van der Waals surface area contributed by atoms with E-state index in [1.807, 2.05) is 62.6 Å². The smallest absolute Gasteiger partial charge is 0.282 e. The summed E-state index contributed by atoms with van der Waals surface area (Å²) in [4.78, 5) is 18.7. The highest BCUT2D eigenvalue weighted by Crippen LogP contribution is 2.34. The number of ether oxygens (including phenoxy) is 1. The average molecular weight is 537 g/mol. The highest BCUT2D eigenvalue weighted by Gasteiger charge is 2.19. The van der Waals surface area contributed by atoms with Crippen LogP contribution in [0.3, 0.4) is 0 Å². The second-order valence-electron chi connectivity index (χ2n) is 10.2. The van der Waals surface area contributed by atoms with Gasteiger partial charge in [-0.05, 0) is 99.3 Å². The van der Waals surface area contributed by atoms with Gasteiger partial charge >= 0.3 is 0 Å². The largest absolute Gasteiger partial charge is 0.494 e. The van der Waals surface area contributed by atoms with Crippen molar-refractivity contribution in [1.82, 2.24) is 14.2 Å². The summed E-state index contributed by atoms with van der Waals surface area (Å²) >= 11 is 0. The van der Waals surface area contributed by atoms with E-state index in [1.54, 1.807) is 24.4 Å². The monoisotopic (exact) mass is 536 g/mol. The van der Waals surface area contributed by atoms with Gasteiger partial charge < -0.3 is 9.30 Å². The quantitative estimate of drug-likeness (QED) is 0.205. The van der Waals surface area contributed by atoms with Gasteiger partial charge in [0.15, 0.2) is 5.82 Å². The zero-order valence-corrected chi connectivity index (χ0v) is 23.7. The third kappa shape index (κ3) is 4.95. The van der Waals surface area contributed by atoms with Crippen molar-refractivity contribution in [3.05, 3.63) is 111 Å². The fourth-order valence-corrected chi connectivity index (χ4v) is 5.10. The van der Waals surface area contributed by atoms with Crippen molar-refractivity contribution in [2.24, 2.45) is 5.10 Å². The van der Waals surface area contributed by atoms with Crippen LogP contribution in [0.2, 0.25) is 0 Å². The number of benzene rings is 3. The van der Waals surface area contributed by atoms with E-state index in [0.29, 0.717) is 23.3 Å². The van der Waals surface area contributed by atoms with E-state index in [9.17, 15) is 9.18 Å². The first-order chi connectivity index (χ1) is 19.2. The van der Waals surface area contributed by atoms with Crippen LogP contribution in [0, 0.1) is 26.6 Å². The molecule has 2 aromatic heterocycles. The molecule has 0 radical (unpaired) electrons. The number of aromatic nitrogens is 3. The number of rotatable bonds is 7. The molecule has 0 N–H and O–H groups in total. The molecule has 0 fully saturated rings. The van der Waals surface area contributed by atoms with E-state index in [-0.39, 0.29) is 17.3 Å². The summed E-state index contributed by atoms with van der Waals surface area (Å²) in [5.41, 5.74) is 6.77. The summed E-state index contributed by atoms with van der Waals surface area (Å²) in [5.74, 6) is 1.23. The molecule has 0 atom stereocenters. The van der Waals surface area contributed by atoms with Crippen molar-refractivity contribution in [2.75, 3.05) is 6.61 Å². The third-order valence-electron chi connectivity index (χ3n) is 7.14. The molecule has 0 amide bonds. The minimum atomic E-state index is -0.283. The molecule has 0 unspecified atom stereocenters. The van der Waals surface area contributed by atoms with E-state index >= 15 is 0 Å². The molecule has 3 aromatic carbocycles. The number of aryl methyl sites for hydroxylation is 2. The lowest BCUT2D eigenvalue weighted by Gasteiger charge is -2.18. The summed E-state index contributed by atoms with van der Waals surface area (Å²) in [6.07, 6.45) is 1.69. The number of hydrogen-bond donors (Lipinski definition) is 0. The van der Waals surface area contributed by atoms with Crippen LogP contribution in [-0.2, 0) is 0 Å². The molecule has 0 saturated heterocycles. The first-order valence-corrected chi connectivity index (χ1v) is 13.5. The summed E-state index contributed by atoms with van der Waals surface area (Å²) in [5, 5.41) is 5.21. The number of hydrogen-bond acceptors (Lipinski definition) is 4. The molecule has 5 rings (SSSR count). The van der Waals surface area contributed by atoms with Crippen LogP contribution in [-0.4, -0.2) is 27.0 Å². The minimum Gasteiger partial charge on any atom is -0.494 e. The van der Waals surface area contributed by atoms with Crippen LogP contribution >= 0.6 is 0 Å². The van der Waals surface area contributed by atoms with Crippen LogP contribution in [0.4, 0.5) is 4.39 Å². The lowest BCUT2D eigenvalue weighted by molar-refractivity contribution is 0.335. The standard InChI is InChI=1S/C33H33FN4O2/c1-7-40-31-16-21(4)29(18-28(31)20(2)3)32-36-30-11-9-8-10-27(30)33(39)38(32)35-19-24-17-22(5)37(23(24)6)26-14-12-25(34)13-15-26/h8-20H,7H2,1-6H3. The molecule has 204 valence electrons. The Morgan fingerprint density at radius 3 is 2.45 bits per heavy atom. The molecule has 0 saturated carbocycles. The lowest BCUT2D eigenvalue weighted by Crippen LogP contribution is -2.21. The summed E-state index contributed by atoms with van der Waals surface area (Å²) in [7, 11) is 0. The van der Waals surface area contributed by atoms with E-state index in [2.05, 4.69) is 19.9 Å². The van der Waals surface area contributed by atoms with Gasteiger partial charge in [-0.1, -0.05) is 26.0 Å². The van der Waals surface area contributed by atoms with Gasteiger partial charge in [0.1, 0.15) is 11.6 Å². The van der Waals surface area contributed by atoms with Crippen molar-refractivity contribution < 1.29 is 9.13 Å². The molecule has 6 nitrogen and oxygen atoms in total. The molecule has 0 spiro atoms. The Kier molecular flexibility index (Phi) is 7.39. The Hall–Kier alpha value is -4.52.